The lowest BCUT2D eigenvalue weighted by atomic mass is 10.1. The van der Waals surface area contributed by atoms with Crippen molar-refractivity contribution in [1.29, 1.82) is 0 Å². The molecular formula is C23H26N4O3S. The molecule has 0 radical (unpaired) electrons. The van der Waals surface area contributed by atoms with Crippen molar-refractivity contribution < 1.29 is 14.0 Å². The van der Waals surface area contributed by atoms with Crippen molar-refractivity contribution in [2.45, 2.75) is 56.5 Å². The number of hydrogen-bond donors (Lipinski definition) is 1. The van der Waals surface area contributed by atoms with Crippen LogP contribution in [0.15, 0.2) is 52.2 Å². The van der Waals surface area contributed by atoms with Gasteiger partial charge in [0.05, 0.1) is 18.1 Å². The fourth-order valence-electron chi connectivity index (χ4n) is 3.19. The smallest absolute Gasteiger partial charge is 0.226 e. The summed E-state index contributed by atoms with van der Waals surface area (Å²) < 4.78 is 7.57. The summed E-state index contributed by atoms with van der Waals surface area (Å²) in [5, 5.41) is 12.0. The molecule has 2 aromatic heterocycles. The van der Waals surface area contributed by atoms with Crippen LogP contribution < -0.4 is 5.32 Å². The molecule has 1 saturated carbocycles. The zero-order chi connectivity index (χ0) is 22.0. The van der Waals surface area contributed by atoms with Crippen LogP contribution in [0.1, 0.15) is 61.5 Å². The lowest BCUT2D eigenvalue weighted by Gasteiger charge is -2.13. The Morgan fingerprint density at radius 1 is 1.16 bits per heavy atom. The third-order valence-corrected chi connectivity index (χ3v) is 6.28. The van der Waals surface area contributed by atoms with Crippen LogP contribution in [-0.4, -0.2) is 31.7 Å². The van der Waals surface area contributed by atoms with E-state index in [0.717, 1.165) is 29.6 Å². The van der Waals surface area contributed by atoms with E-state index in [0.29, 0.717) is 23.7 Å². The summed E-state index contributed by atoms with van der Waals surface area (Å²) in [5.74, 6) is 2.09. The number of furan rings is 1. The van der Waals surface area contributed by atoms with E-state index in [1.165, 1.54) is 11.8 Å². The number of rotatable bonds is 9. The topological polar surface area (TPSA) is 90.0 Å². The number of anilines is 1. The highest BCUT2D eigenvalue weighted by atomic mass is 32.2. The number of nitrogens with one attached hydrogen (secondary N) is 1. The summed E-state index contributed by atoms with van der Waals surface area (Å²) >= 11 is 1.41. The number of aromatic nitrogens is 3. The summed E-state index contributed by atoms with van der Waals surface area (Å²) in [6.45, 7) is 6.11. The third-order valence-electron chi connectivity index (χ3n) is 5.19. The Kier molecular flexibility index (Phi) is 6.27. The average Bonchev–Trinajstić information content (AvgIpc) is 3.33. The van der Waals surface area contributed by atoms with Crippen LogP contribution in [0.5, 0.6) is 0 Å². The third kappa shape index (κ3) is 5.07. The molecular weight excluding hydrogens is 412 g/mol. The Balaban J connectivity index is 1.46. The van der Waals surface area contributed by atoms with Crippen LogP contribution in [0, 0.1) is 5.92 Å². The van der Waals surface area contributed by atoms with Gasteiger partial charge in [-0.2, -0.15) is 0 Å². The minimum atomic E-state index is -0.331. The number of carbonyl (C=O) groups excluding carboxylic acids is 2. The molecule has 0 saturated heterocycles. The molecule has 8 heteroatoms. The van der Waals surface area contributed by atoms with Crippen molar-refractivity contribution in [1.82, 2.24) is 14.8 Å². The van der Waals surface area contributed by atoms with Crippen LogP contribution in [0.25, 0.3) is 0 Å². The van der Waals surface area contributed by atoms with Crippen LogP contribution in [-0.2, 0) is 11.3 Å². The van der Waals surface area contributed by atoms with E-state index in [-0.39, 0.29) is 22.9 Å². The molecule has 0 unspecified atom stereocenters. The molecule has 0 aliphatic heterocycles. The molecule has 0 spiro atoms. The summed E-state index contributed by atoms with van der Waals surface area (Å²) in [7, 11) is 0. The minimum Gasteiger partial charge on any atom is -0.467 e. The fraction of sp³-hybridized carbons (Fsp3) is 0.391. The van der Waals surface area contributed by atoms with Gasteiger partial charge in [0.25, 0.3) is 0 Å². The van der Waals surface area contributed by atoms with Gasteiger partial charge in [0, 0.05) is 23.1 Å². The van der Waals surface area contributed by atoms with Gasteiger partial charge in [-0.1, -0.05) is 25.6 Å². The van der Waals surface area contributed by atoms with Gasteiger partial charge < -0.3 is 9.73 Å². The lowest BCUT2D eigenvalue weighted by molar-refractivity contribution is -0.118. The van der Waals surface area contributed by atoms with Crippen LogP contribution in [0.3, 0.4) is 0 Å². The lowest BCUT2D eigenvalue weighted by Crippen LogP contribution is -2.18. The van der Waals surface area contributed by atoms with E-state index in [9.17, 15) is 9.59 Å². The van der Waals surface area contributed by atoms with Crippen molar-refractivity contribution >= 4 is 29.1 Å². The zero-order valence-corrected chi connectivity index (χ0v) is 18.7. The van der Waals surface area contributed by atoms with Gasteiger partial charge in [-0.05, 0) is 56.2 Å². The van der Waals surface area contributed by atoms with Crippen molar-refractivity contribution in [3.8, 4) is 0 Å². The van der Waals surface area contributed by atoms with Gasteiger partial charge in [0.2, 0.25) is 5.91 Å². The predicted octanol–water partition coefficient (Wildman–Crippen LogP) is 4.75. The van der Waals surface area contributed by atoms with Gasteiger partial charge in [-0.3, -0.25) is 14.2 Å². The molecule has 162 valence electrons. The number of amides is 1. The number of hydrogen-bond acceptors (Lipinski definition) is 6. The van der Waals surface area contributed by atoms with Gasteiger partial charge >= 0.3 is 0 Å². The summed E-state index contributed by atoms with van der Waals surface area (Å²) in [4.78, 5) is 24.8. The Bertz CT molecular complexity index is 1050. The molecule has 1 aliphatic carbocycles. The van der Waals surface area contributed by atoms with E-state index in [1.807, 2.05) is 32.9 Å². The van der Waals surface area contributed by atoms with Gasteiger partial charge in [0.1, 0.15) is 11.6 Å². The van der Waals surface area contributed by atoms with Crippen molar-refractivity contribution in [3.05, 3.63) is 59.8 Å². The Hall–Kier alpha value is -2.87. The Morgan fingerprint density at radius 3 is 2.52 bits per heavy atom. The van der Waals surface area contributed by atoms with Crippen LogP contribution >= 0.6 is 11.8 Å². The first kappa shape index (κ1) is 21.4. The standard InChI is InChI=1S/C23H26N4O3S/c1-14(2)22(29)24-18-10-8-16(9-11-18)20(28)15(3)31-23-26-25-21(17-6-7-17)27(23)13-19-5-4-12-30-19/h4-5,8-12,14-15,17H,6-7,13H2,1-3H3,(H,24,29)/t15-/m0/s1. The quantitative estimate of drug-likeness (QED) is 0.383. The second kappa shape index (κ2) is 9.09. The minimum absolute atomic E-state index is 0.00672. The second-order valence-electron chi connectivity index (χ2n) is 8.13. The predicted molar refractivity (Wildman–Crippen MR) is 119 cm³/mol. The Labute approximate surface area is 185 Å². The molecule has 31 heavy (non-hydrogen) atoms. The van der Waals surface area contributed by atoms with E-state index in [2.05, 4.69) is 20.1 Å². The summed E-state index contributed by atoms with van der Waals surface area (Å²) in [6.07, 6.45) is 3.90. The number of benzene rings is 1. The van der Waals surface area contributed by atoms with Crippen molar-refractivity contribution in [2.75, 3.05) is 5.32 Å². The highest BCUT2D eigenvalue weighted by molar-refractivity contribution is 8.00. The molecule has 1 atom stereocenters. The summed E-state index contributed by atoms with van der Waals surface area (Å²) in [5.41, 5.74) is 1.28. The normalized spacial score (nSPS) is 14.6. The molecule has 1 aromatic carbocycles. The SMILES string of the molecule is CC(C)C(=O)Nc1ccc(C(=O)[C@H](C)Sc2nnc(C3CC3)n2Cc2ccco2)cc1. The number of ketones is 1. The number of nitrogens with zero attached hydrogens (tertiary/aromatic N) is 3. The molecule has 3 aromatic rings. The Morgan fingerprint density at radius 2 is 1.90 bits per heavy atom. The van der Waals surface area contributed by atoms with E-state index in [4.69, 9.17) is 4.42 Å². The van der Waals surface area contributed by atoms with Gasteiger partial charge in [0.15, 0.2) is 10.9 Å². The molecule has 1 amide bonds. The largest absolute Gasteiger partial charge is 0.467 e. The zero-order valence-electron chi connectivity index (χ0n) is 17.9. The number of Topliss-reactive ketones (excluding diaryl/α,β-unsaturated/α-hetero) is 1. The molecule has 1 fully saturated rings. The second-order valence-corrected chi connectivity index (χ2v) is 9.43. The first-order valence-corrected chi connectivity index (χ1v) is 11.4. The highest BCUT2D eigenvalue weighted by Crippen LogP contribution is 2.40. The molecule has 1 N–H and O–H groups in total. The molecule has 2 heterocycles. The number of carbonyl (C=O) groups is 2. The monoisotopic (exact) mass is 438 g/mol. The van der Waals surface area contributed by atoms with E-state index >= 15 is 0 Å². The van der Waals surface area contributed by atoms with Crippen molar-refractivity contribution in [3.63, 3.8) is 0 Å². The van der Waals surface area contributed by atoms with Crippen LogP contribution in [0.4, 0.5) is 5.69 Å². The van der Waals surface area contributed by atoms with Gasteiger partial charge in [-0.25, -0.2) is 0 Å². The maximum atomic E-state index is 13.0. The number of thioether (sulfide) groups is 1. The van der Waals surface area contributed by atoms with E-state index in [1.54, 1.807) is 30.5 Å². The first-order valence-electron chi connectivity index (χ1n) is 10.5. The first-order chi connectivity index (χ1) is 14.9. The highest BCUT2D eigenvalue weighted by Gasteiger charge is 2.31. The fourth-order valence-corrected chi connectivity index (χ4v) is 4.12. The van der Waals surface area contributed by atoms with Gasteiger partial charge in [-0.15, -0.1) is 10.2 Å². The summed E-state index contributed by atoms with van der Waals surface area (Å²) in [6, 6.07) is 10.8. The maximum Gasteiger partial charge on any atom is 0.226 e. The maximum absolute atomic E-state index is 13.0. The van der Waals surface area contributed by atoms with E-state index < -0.39 is 0 Å². The van der Waals surface area contributed by atoms with Crippen LogP contribution in [0.2, 0.25) is 0 Å². The molecule has 4 rings (SSSR count). The average molecular weight is 439 g/mol. The molecule has 0 bridgehead atoms. The molecule has 1 aliphatic rings. The molecule has 7 nitrogen and oxygen atoms in total. The van der Waals surface area contributed by atoms with Crippen molar-refractivity contribution in [2.24, 2.45) is 5.92 Å².